The van der Waals surface area contributed by atoms with Gasteiger partial charge in [-0.25, -0.2) is 8.78 Å². The summed E-state index contributed by atoms with van der Waals surface area (Å²) in [5, 5.41) is 0.00256. The van der Waals surface area contributed by atoms with E-state index in [-0.39, 0.29) is 10.9 Å². The first kappa shape index (κ1) is 18.2. The molecule has 2 unspecified atom stereocenters. The zero-order valence-electron chi connectivity index (χ0n) is 12.2. The summed E-state index contributed by atoms with van der Waals surface area (Å²) < 4.78 is 27.1. The Morgan fingerprint density at radius 3 is 2.32 bits per heavy atom. The van der Waals surface area contributed by atoms with Gasteiger partial charge in [0.25, 0.3) is 0 Å². The van der Waals surface area contributed by atoms with Crippen LogP contribution in [0, 0.1) is 5.92 Å². The smallest absolute Gasteiger partial charge is 0.166 e. The molecular weight excluding hydrogens is 261 g/mol. The average molecular weight is 286 g/mol. The molecule has 0 aliphatic heterocycles. The second kappa shape index (κ2) is 9.20. The predicted octanol–water partition coefficient (Wildman–Crippen LogP) is 6.24. The van der Waals surface area contributed by atoms with Gasteiger partial charge in [-0.3, -0.25) is 0 Å². The van der Waals surface area contributed by atoms with Crippen LogP contribution in [0.5, 0.6) is 0 Å². The summed E-state index contributed by atoms with van der Waals surface area (Å²) in [5.41, 5.74) is 0.783. The number of allylic oxidation sites excluding steroid dienone is 6. The van der Waals surface area contributed by atoms with Gasteiger partial charge in [-0.2, -0.15) is 0 Å². The van der Waals surface area contributed by atoms with Crippen molar-refractivity contribution in [2.75, 3.05) is 0 Å². The van der Waals surface area contributed by atoms with Crippen LogP contribution < -0.4 is 0 Å². The Morgan fingerprint density at radius 2 is 1.84 bits per heavy atom. The van der Waals surface area contributed by atoms with Crippen LogP contribution in [-0.2, 0) is 0 Å². The van der Waals surface area contributed by atoms with Gasteiger partial charge in [0.05, 0.1) is 0 Å². The number of rotatable bonds is 8. The minimum Gasteiger partial charge on any atom is -0.203 e. The Bertz CT molecular complexity index is 392. The van der Waals surface area contributed by atoms with Crippen LogP contribution in [0.15, 0.2) is 47.3 Å². The zero-order valence-corrected chi connectivity index (χ0v) is 13.4. The second-order valence-electron chi connectivity index (χ2n) is 5.00. The standard InChI is InChI=1S/C16H25F2P/c1-6-7-8-11(2)9-10-12(3)13(4)15(17)16(18)14(5)19/h10-11H,4-9,19H2,1-3H3/b12-10+,16-15-. The van der Waals surface area contributed by atoms with Gasteiger partial charge in [0.1, 0.15) is 0 Å². The predicted molar refractivity (Wildman–Crippen MR) is 84.3 cm³/mol. The Balaban J connectivity index is 4.65. The normalized spacial score (nSPS) is 14.9. The van der Waals surface area contributed by atoms with Gasteiger partial charge in [0, 0.05) is 10.9 Å². The lowest BCUT2D eigenvalue weighted by Gasteiger charge is -2.10. The molecular formula is C16H25F2P. The summed E-state index contributed by atoms with van der Waals surface area (Å²) in [7, 11) is 2.05. The Labute approximate surface area is 118 Å². The topological polar surface area (TPSA) is 0 Å². The quantitative estimate of drug-likeness (QED) is 0.365. The molecule has 0 fully saturated rings. The second-order valence-corrected chi connectivity index (χ2v) is 5.70. The van der Waals surface area contributed by atoms with E-state index in [1.807, 2.05) is 6.08 Å². The fourth-order valence-electron chi connectivity index (χ4n) is 1.62. The van der Waals surface area contributed by atoms with E-state index in [1.54, 1.807) is 6.92 Å². The van der Waals surface area contributed by atoms with Crippen LogP contribution in [0.25, 0.3) is 0 Å². The highest BCUT2D eigenvalue weighted by Crippen LogP contribution is 2.29. The molecule has 0 saturated heterocycles. The van der Waals surface area contributed by atoms with E-state index in [1.165, 1.54) is 12.8 Å². The maximum absolute atomic E-state index is 13.7. The maximum Gasteiger partial charge on any atom is 0.166 e. The molecule has 0 rings (SSSR count). The van der Waals surface area contributed by atoms with Crippen LogP contribution in [-0.4, -0.2) is 0 Å². The summed E-state index contributed by atoms with van der Waals surface area (Å²) in [6.45, 7) is 13.0. The van der Waals surface area contributed by atoms with Gasteiger partial charge >= 0.3 is 0 Å². The van der Waals surface area contributed by atoms with Crippen LogP contribution in [0.4, 0.5) is 8.78 Å². The maximum atomic E-state index is 13.7. The Morgan fingerprint density at radius 1 is 1.26 bits per heavy atom. The van der Waals surface area contributed by atoms with E-state index in [9.17, 15) is 8.78 Å². The van der Waals surface area contributed by atoms with Gasteiger partial charge < -0.3 is 0 Å². The van der Waals surface area contributed by atoms with E-state index >= 15 is 0 Å². The molecule has 2 atom stereocenters. The number of unbranched alkanes of at least 4 members (excludes halogenated alkanes) is 1. The van der Waals surface area contributed by atoms with Crippen LogP contribution >= 0.6 is 9.24 Å². The van der Waals surface area contributed by atoms with Crippen LogP contribution in [0.1, 0.15) is 46.5 Å². The minimum atomic E-state index is -0.943. The molecule has 0 aromatic heterocycles. The Hall–Kier alpha value is -0.750. The van der Waals surface area contributed by atoms with Gasteiger partial charge in [-0.05, 0) is 24.8 Å². The molecule has 0 aliphatic rings. The third-order valence-corrected chi connectivity index (χ3v) is 3.35. The van der Waals surface area contributed by atoms with Crippen molar-refractivity contribution in [3.8, 4) is 0 Å². The SMILES string of the molecule is C=C(P)/C(F)=C(/F)C(=C)/C(C)=C/CC(C)CCCC. The van der Waals surface area contributed by atoms with Crippen molar-refractivity contribution in [1.29, 1.82) is 0 Å². The molecule has 0 amide bonds. The van der Waals surface area contributed by atoms with Crippen molar-refractivity contribution >= 4 is 9.24 Å². The first-order chi connectivity index (χ1) is 8.81. The van der Waals surface area contributed by atoms with Gasteiger partial charge in [0.2, 0.25) is 0 Å². The molecule has 0 aromatic carbocycles. The molecule has 19 heavy (non-hydrogen) atoms. The molecule has 3 heteroatoms. The first-order valence-corrected chi connectivity index (χ1v) is 7.25. The van der Waals surface area contributed by atoms with E-state index < -0.39 is 11.7 Å². The molecule has 0 spiro atoms. The zero-order chi connectivity index (χ0) is 15.0. The van der Waals surface area contributed by atoms with Crippen molar-refractivity contribution in [1.82, 2.24) is 0 Å². The highest BCUT2D eigenvalue weighted by Gasteiger charge is 2.12. The van der Waals surface area contributed by atoms with Gasteiger partial charge in [-0.1, -0.05) is 52.3 Å². The third kappa shape index (κ3) is 6.82. The lowest BCUT2D eigenvalue weighted by molar-refractivity contribution is 0.510. The van der Waals surface area contributed by atoms with Crippen LogP contribution in [0.3, 0.4) is 0 Å². The monoisotopic (exact) mass is 286 g/mol. The number of hydrogen-bond donors (Lipinski definition) is 0. The van der Waals surface area contributed by atoms with Crippen molar-refractivity contribution in [2.24, 2.45) is 5.92 Å². The molecule has 108 valence electrons. The van der Waals surface area contributed by atoms with E-state index in [0.717, 1.165) is 12.8 Å². The number of hydrogen-bond acceptors (Lipinski definition) is 0. The highest BCUT2D eigenvalue weighted by molar-refractivity contribution is 7.23. The fourth-order valence-corrected chi connectivity index (χ4v) is 1.74. The summed E-state index contributed by atoms with van der Waals surface area (Å²) in [6, 6.07) is 0. The largest absolute Gasteiger partial charge is 0.203 e. The molecule has 0 N–H and O–H groups in total. The average Bonchev–Trinajstić information content (AvgIpc) is 2.39. The van der Waals surface area contributed by atoms with E-state index in [2.05, 4.69) is 36.2 Å². The van der Waals surface area contributed by atoms with E-state index in [4.69, 9.17) is 0 Å². The van der Waals surface area contributed by atoms with Gasteiger partial charge in [0.15, 0.2) is 11.7 Å². The van der Waals surface area contributed by atoms with Crippen molar-refractivity contribution in [3.63, 3.8) is 0 Å². The molecule has 0 bridgehead atoms. The molecule has 0 aliphatic carbocycles. The Kier molecular flexibility index (Phi) is 8.84. The molecule has 0 heterocycles. The third-order valence-electron chi connectivity index (χ3n) is 3.09. The van der Waals surface area contributed by atoms with Crippen molar-refractivity contribution in [3.05, 3.63) is 47.3 Å². The summed E-state index contributed by atoms with van der Waals surface area (Å²) in [5.74, 6) is -1.31. The molecule has 0 aromatic rings. The van der Waals surface area contributed by atoms with E-state index in [0.29, 0.717) is 11.5 Å². The summed E-state index contributed by atoms with van der Waals surface area (Å²) in [4.78, 5) is 0. The first-order valence-electron chi connectivity index (χ1n) is 6.67. The number of halogens is 2. The minimum absolute atomic E-state index is 0.00256. The lowest BCUT2D eigenvalue weighted by Crippen LogP contribution is -1.94. The molecule has 0 nitrogen and oxygen atoms in total. The van der Waals surface area contributed by atoms with Gasteiger partial charge in [-0.15, -0.1) is 9.24 Å². The van der Waals surface area contributed by atoms with Crippen molar-refractivity contribution < 1.29 is 8.78 Å². The van der Waals surface area contributed by atoms with Crippen LogP contribution in [0.2, 0.25) is 0 Å². The summed E-state index contributed by atoms with van der Waals surface area (Å²) in [6.07, 6.45) is 6.33. The van der Waals surface area contributed by atoms with Crippen molar-refractivity contribution in [2.45, 2.75) is 46.5 Å². The fraction of sp³-hybridized carbons (Fsp3) is 0.500. The molecule has 0 saturated carbocycles. The lowest BCUT2D eigenvalue weighted by atomic mass is 9.97. The molecule has 0 radical (unpaired) electrons. The summed E-state index contributed by atoms with van der Waals surface area (Å²) >= 11 is 0. The highest BCUT2D eigenvalue weighted by atomic mass is 31.0.